The molecule has 1 aromatic carbocycles. The van der Waals surface area contributed by atoms with Gasteiger partial charge < -0.3 is 15.2 Å². The molecule has 2 N–H and O–H groups in total. The van der Waals surface area contributed by atoms with Crippen LogP contribution in [0, 0.1) is 11.3 Å². The number of nitrogens with one attached hydrogen (secondary N) is 1. The van der Waals surface area contributed by atoms with E-state index in [9.17, 15) is 4.79 Å². The first-order valence-electron chi connectivity index (χ1n) is 6.00. The number of hydrogen-bond acceptors (Lipinski definition) is 4. The topological polar surface area (TPSA) is 82.3 Å². The quantitative estimate of drug-likeness (QED) is 0.835. The number of aliphatic hydroxyl groups is 1. The Morgan fingerprint density at radius 3 is 2.53 bits per heavy atom. The highest BCUT2D eigenvalue weighted by atomic mass is 16.5. The molecule has 5 heteroatoms. The smallest absolute Gasteiger partial charge is 0.263 e. The van der Waals surface area contributed by atoms with Crippen molar-refractivity contribution in [1.82, 2.24) is 5.32 Å². The molecule has 0 saturated heterocycles. The fraction of sp³-hybridized carbons (Fsp3) is 0.429. The van der Waals surface area contributed by atoms with Gasteiger partial charge in [0.15, 0.2) is 5.60 Å². The van der Waals surface area contributed by atoms with E-state index < -0.39 is 5.60 Å². The summed E-state index contributed by atoms with van der Waals surface area (Å²) in [6, 6.07) is 8.22. The monoisotopic (exact) mass is 262 g/mol. The number of amides is 1. The minimum Gasteiger partial charge on any atom is -0.478 e. The molecule has 0 fully saturated rings. The molecule has 1 amide bonds. The van der Waals surface area contributed by atoms with E-state index in [0.29, 0.717) is 11.3 Å². The van der Waals surface area contributed by atoms with Gasteiger partial charge in [0.1, 0.15) is 5.75 Å². The van der Waals surface area contributed by atoms with E-state index in [4.69, 9.17) is 15.1 Å². The summed E-state index contributed by atoms with van der Waals surface area (Å²) in [5.41, 5.74) is -0.527. The largest absolute Gasteiger partial charge is 0.478 e. The fourth-order valence-electron chi connectivity index (χ4n) is 1.38. The molecule has 0 bridgehead atoms. The number of rotatable bonds is 5. The Hall–Kier alpha value is -2.06. The van der Waals surface area contributed by atoms with Gasteiger partial charge in [-0.2, -0.15) is 5.26 Å². The number of hydrogen-bond donors (Lipinski definition) is 2. The van der Waals surface area contributed by atoms with Crippen molar-refractivity contribution >= 4 is 5.91 Å². The van der Waals surface area contributed by atoms with Crippen molar-refractivity contribution in [3.8, 4) is 11.8 Å². The predicted octanol–water partition coefficient (Wildman–Crippen LogP) is 1.21. The molecule has 1 aromatic rings. The Morgan fingerprint density at radius 2 is 2.05 bits per heavy atom. The van der Waals surface area contributed by atoms with Crippen LogP contribution in [0.2, 0.25) is 0 Å². The minimum absolute atomic E-state index is 0.126. The van der Waals surface area contributed by atoms with Crippen molar-refractivity contribution in [2.24, 2.45) is 0 Å². The lowest BCUT2D eigenvalue weighted by molar-refractivity contribution is -0.135. The zero-order valence-corrected chi connectivity index (χ0v) is 11.3. The maximum Gasteiger partial charge on any atom is 0.263 e. The van der Waals surface area contributed by atoms with E-state index >= 15 is 0 Å². The van der Waals surface area contributed by atoms with Crippen molar-refractivity contribution < 1.29 is 14.6 Å². The zero-order chi connectivity index (χ0) is 14.5. The normalized spacial score (nSPS) is 12.4. The summed E-state index contributed by atoms with van der Waals surface area (Å²) in [5, 5.41) is 20.3. The molecule has 0 spiro atoms. The number of ether oxygens (including phenoxy) is 1. The maximum absolute atomic E-state index is 12.0. The molecule has 0 aromatic heterocycles. The van der Waals surface area contributed by atoms with E-state index in [1.54, 1.807) is 45.0 Å². The molecule has 0 aliphatic heterocycles. The average Bonchev–Trinajstić information content (AvgIpc) is 2.39. The molecule has 19 heavy (non-hydrogen) atoms. The van der Waals surface area contributed by atoms with E-state index in [1.807, 2.05) is 6.07 Å². The van der Waals surface area contributed by atoms with Crippen molar-refractivity contribution in [3.05, 3.63) is 29.8 Å². The molecule has 0 heterocycles. The first-order chi connectivity index (χ1) is 8.89. The van der Waals surface area contributed by atoms with Crippen LogP contribution in [-0.4, -0.2) is 29.3 Å². The van der Waals surface area contributed by atoms with Gasteiger partial charge in [0.25, 0.3) is 5.91 Å². The Labute approximate surface area is 112 Å². The Morgan fingerprint density at radius 1 is 1.47 bits per heavy atom. The van der Waals surface area contributed by atoms with Crippen LogP contribution in [0.15, 0.2) is 24.3 Å². The van der Waals surface area contributed by atoms with E-state index in [1.165, 1.54) is 0 Å². The van der Waals surface area contributed by atoms with Crippen LogP contribution in [0.5, 0.6) is 5.75 Å². The molecule has 1 rings (SSSR count). The summed E-state index contributed by atoms with van der Waals surface area (Å²) < 4.78 is 5.61. The number of aliphatic hydroxyl groups excluding tert-OH is 1. The summed E-state index contributed by atoms with van der Waals surface area (Å²) in [5.74, 6) is 0.203. The van der Waals surface area contributed by atoms with Crippen LogP contribution in [0.3, 0.4) is 0 Å². The molecule has 0 radical (unpaired) electrons. The molecule has 0 saturated carbocycles. The molecule has 1 atom stereocenters. The van der Waals surface area contributed by atoms with Crippen LogP contribution < -0.4 is 10.1 Å². The first-order valence-corrected chi connectivity index (χ1v) is 6.00. The van der Waals surface area contributed by atoms with Crippen molar-refractivity contribution in [3.63, 3.8) is 0 Å². The van der Waals surface area contributed by atoms with Gasteiger partial charge in [-0.1, -0.05) is 0 Å². The summed E-state index contributed by atoms with van der Waals surface area (Å²) >= 11 is 0. The van der Waals surface area contributed by atoms with Crippen LogP contribution in [0.25, 0.3) is 0 Å². The Kier molecular flexibility index (Phi) is 4.90. The minimum atomic E-state index is -1.06. The van der Waals surface area contributed by atoms with Crippen LogP contribution in [0.1, 0.15) is 26.3 Å². The summed E-state index contributed by atoms with van der Waals surface area (Å²) in [4.78, 5) is 12.0. The van der Waals surface area contributed by atoms with Crippen molar-refractivity contribution in [2.45, 2.75) is 32.4 Å². The predicted molar refractivity (Wildman–Crippen MR) is 70.6 cm³/mol. The maximum atomic E-state index is 12.0. The highest BCUT2D eigenvalue weighted by Crippen LogP contribution is 2.19. The molecule has 5 nitrogen and oxygen atoms in total. The third-order valence-corrected chi connectivity index (χ3v) is 2.55. The fourth-order valence-corrected chi connectivity index (χ4v) is 1.38. The number of nitrogens with zero attached hydrogens (tertiary/aromatic N) is 1. The van der Waals surface area contributed by atoms with E-state index in [0.717, 1.165) is 0 Å². The van der Waals surface area contributed by atoms with Gasteiger partial charge in [0, 0.05) is 6.04 Å². The molecule has 102 valence electrons. The second-order valence-electron chi connectivity index (χ2n) is 4.81. The van der Waals surface area contributed by atoms with Gasteiger partial charge in [-0.3, -0.25) is 4.79 Å². The Bertz CT molecular complexity index is 474. The highest BCUT2D eigenvalue weighted by molar-refractivity contribution is 5.84. The average molecular weight is 262 g/mol. The van der Waals surface area contributed by atoms with Gasteiger partial charge in [-0.05, 0) is 45.0 Å². The lowest BCUT2D eigenvalue weighted by atomic mass is 10.1. The third-order valence-electron chi connectivity index (χ3n) is 2.55. The molecule has 1 unspecified atom stereocenters. The van der Waals surface area contributed by atoms with Gasteiger partial charge in [-0.15, -0.1) is 0 Å². The zero-order valence-electron chi connectivity index (χ0n) is 11.3. The number of carbonyl (C=O) groups excluding carboxylic acids is 1. The highest BCUT2D eigenvalue weighted by Gasteiger charge is 2.30. The lowest BCUT2D eigenvalue weighted by Gasteiger charge is -2.26. The van der Waals surface area contributed by atoms with Crippen molar-refractivity contribution in [1.29, 1.82) is 5.26 Å². The molecule has 0 aliphatic carbocycles. The SMILES string of the molecule is CC(CO)NC(=O)C(C)(C)Oc1ccc(C#N)cc1. The number of nitriles is 1. The van der Waals surface area contributed by atoms with Gasteiger partial charge >= 0.3 is 0 Å². The molecule has 0 aliphatic rings. The van der Waals surface area contributed by atoms with Crippen LogP contribution in [-0.2, 0) is 4.79 Å². The van der Waals surface area contributed by atoms with Gasteiger partial charge in [0.2, 0.25) is 0 Å². The molecular formula is C14H18N2O3. The second kappa shape index (κ2) is 6.21. The van der Waals surface area contributed by atoms with E-state index in [-0.39, 0.29) is 18.6 Å². The second-order valence-corrected chi connectivity index (χ2v) is 4.81. The summed E-state index contributed by atoms with van der Waals surface area (Å²) in [7, 11) is 0. The standard InChI is InChI=1S/C14H18N2O3/c1-10(9-17)16-13(18)14(2,3)19-12-6-4-11(8-15)5-7-12/h4-7,10,17H,9H2,1-3H3,(H,16,18). The van der Waals surface area contributed by atoms with E-state index in [2.05, 4.69) is 5.32 Å². The van der Waals surface area contributed by atoms with Gasteiger partial charge in [-0.25, -0.2) is 0 Å². The first kappa shape index (κ1) is 15.0. The summed E-state index contributed by atoms with van der Waals surface area (Å²) in [6.07, 6.45) is 0. The lowest BCUT2D eigenvalue weighted by Crippen LogP contribution is -2.50. The van der Waals surface area contributed by atoms with Gasteiger partial charge in [0.05, 0.1) is 18.2 Å². The third kappa shape index (κ3) is 4.27. The number of benzene rings is 1. The Balaban J connectivity index is 2.72. The van der Waals surface area contributed by atoms with Crippen molar-refractivity contribution in [2.75, 3.05) is 6.61 Å². The van der Waals surface area contributed by atoms with Crippen LogP contribution >= 0.6 is 0 Å². The molecular weight excluding hydrogens is 244 g/mol. The summed E-state index contributed by atoms with van der Waals surface area (Å²) in [6.45, 7) is 4.86. The number of carbonyl (C=O) groups is 1. The van der Waals surface area contributed by atoms with Crippen LogP contribution in [0.4, 0.5) is 0 Å².